The number of rotatable bonds is 3. The van der Waals surface area contributed by atoms with E-state index in [1.54, 1.807) is 0 Å². The molecule has 4 nitrogen and oxygen atoms in total. The van der Waals surface area contributed by atoms with E-state index in [1.165, 1.54) is 0 Å². The van der Waals surface area contributed by atoms with E-state index in [1.807, 2.05) is 0 Å². The Morgan fingerprint density at radius 1 is 1.14 bits per heavy atom. The highest BCUT2D eigenvalue weighted by Crippen LogP contribution is 2.17. The Morgan fingerprint density at radius 3 is 2.29 bits per heavy atom. The van der Waals surface area contributed by atoms with Gasteiger partial charge in [-0.2, -0.15) is 0 Å². The molecule has 0 spiro atoms. The number of hydrogen-bond acceptors (Lipinski definition) is 4. The highest BCUT2D eigenvalue weighted by atomic mass is 19.1. The first-order valence-corrected chi connectivity index (χ1v) is 3.66. The predicted molar refractivity (Wildman–Crippen MR) is 45.2 cm³/mol. The van der Waals surface area contributed by atoms with Gasteiger partial charge in [0.1, 0.15) is 11.6 Å². The Labute approximate surface area is 79.0 Å². The first-order chi connectivity index (χ1) is 6.50. The number of benzene rings is 1. The summed E-state index contributed by atoms with van der Waals surface area (Å²) >= 11 is 0. The zero-order valence-electron chi connectivity index (χ0n) is 6.89. The minimum atomic E-state index is -2.15. The fourth-order valence-electron chi connectivity index (χ4n) is 0.762. The average Bonchev–Trinajstić information content (AvgIpc) is 2.09. The van der Waals surface area contributed by atoms with E-state index in [-0.39, 0.29) is 0 Å². The van der Waals surface area contributed by atoms with Gasteiger partial charge < -0.3 is 19.7 Å². The summed E-state index contributed by atoms with van der Waals surface area (Å²) < 4.78 is 29.6. The molecule has 0 atom stereocenters. The molecular formula is C6H6B2F2O4. The molecule has 0 fully saturated rings. The van der Waals surface area contributed by atoms with Crippen LogP contribution in [0.2, 0.25) is 0 Å². The molecule has 1 aromatic carbocycles. The summed E-state index contributed by atoms with van der Waals surface area (Å²) in [4.78, 5) is 0. The smallest absolute Gasteiger partial charge is 0.536 e. The van der Waals surface area contributed by atoms with Crippen LogP contribution < -0.4 is 4.65 Å². The van der Waals surface area contributed by atoms with Crippen LogP contribution in [0.4, 0.5) is 8.78 Å². The average molecular weight is 202 g/mol. The van der Waals surface area contributed by atoms with Gasteiger partial charge in [-0.25, -0.2) is 8.78 Å². The van der Waals surface area contributed by atoms with Crippen molar-refractivity contribution in [2.45, 2.75) is 0 Å². The van der Waals surface area contributed by atoms with Gasteiger partial charge >= 0.3 is 14.0 Å². The third-order valence-electron chi connectivity index (χ3n) is 1.40. The Bertz CT molecular complexity index is 323. The molecule has 74 valence electrons. The topological polar surface area (TPSA) is 69.9 Å². The number of hydrogen-bond donors (Lipinski definition) is 3. The Kier molecular flexibility index (Phi) is 3.45. The lowest BCUT2D eigenvalue weighted by atomic mass is 9.50. The van der Waals surface area contributed by atoms with Gasteiger partial charge in [0, 0.05) is 6.07 Å². The molecule has 1 aromatic rings. The van der Waals surface area contributed by atoms with Crippen LogP contribution in [-0.4, -0.2) is 29.1 Å². The van der Waals surface area contributed by atoms with Gasteiger partial charge in [-0.15, -0.1) is 0 Å². The molecule has 0 aromatic heterocycles. The summed E-state index contributed by atoms with van der Waals surface area (Å²) in [6.07, 6.45) is 0. The zero-order chi connectivity index (χ0) is 10.7. The van der Waals surface area contributed by atoms with E-state index in [0.29, 0.717) is 6.07 Å². The van der Waals surface area contributed by atoms with Crippen LogP contribution in [0.5, 0.6) is 5.75 Å². The predicted octanol–water partition coefficient (Wildman–Crippen LogP) is -0.625. The first kappa shape index (κ1) is 11.0. The molecule has 0 unspecified atom stereocenters. The van der Waals surface area contributed by atoms with E-state index < -0.39 is 31.4 Å². The Hall–Kier alpha value is -1.11. The van der Waals surface area contributed by atoms with Crippen molar-refractivity contribution in [2.75, 3.05) is 0 Å². The SMILES string of the molecule is OB(O)B(O)Oc1ccc(F)cc1F. The van der Waals surface area contributed by atoms with Crippen molar-refractivity contribution >= 4 is 14.0 Å². The van der Waals surface area contributed by atoms with E-state index in [9.17, 15) is 8.78 Å². The first-order valence-electron chi connectivity index (χ1n) is 3.66. The van der Waals surface area contributed by atoms with Gasteiger partial charge in [0.15, 0.2) is 5.82 Å². The van der Waals surface area contributed by atoms with Gasteiger partial charge in [-0.05, 0) is 12.1 Å². The molecule has 0 aliphatic rings. The molecule has 14 heavy (non-hydrogen) atoms. The van der Waals surface area contributed by atoms with Gasteiger partial charge in [0.25, 0.3) is 0 Å². The van der Waals surface area contributed by atoms with Crippen LogP contribution in [0.25, 0.3) is 0 Å². The van der Waals surface area contributed by atoms with Crippen molar-refractivity contribution in [1.29, 1.82) is 0 Å². The molecule has 8 heteroatoms. The summed E-state index contributed by atoms with van der Waals surface area (Å²) in [5, 5.41) is 25.6. The third-order valence-corrected chi connectivity index (χ3v) is 1.40. The molecule has 0 heterocycles. The highest BCUT2D eigenvalue weighted by molar-refractivity contribution is 7.08. The molecule has 0 radical (unpaired) electrons. The highest BCUT2D eigenvalue weighted by Gasteiger charge is 2.32. The number of halogens is 2. The van der Waals surface area contributed by atoms with E-state index in [0.717, 1.165) is 12.1 Å². The minimum absolute atomic E-state index is 0.466. The molecule has 3 N–H and O–H groups in total. The fourth-order valence-corrected chi connectivity index (χ4v) is 0.762. The van der Waals surface area contributed by atoms with Crippen LogP contribution in [0, 0.1) is 11.6 Å². The van der Waals surface area contributed by atoms with E-state index in [2.05, 4.69) is 4.65 Å². The maximum absolute atomic E-state index is 12.8. The van der Waals surface area contributed by atoms with Crippen molar-refractivity contribution in [1.82, 2.24) is 0 Å². The van der Waals surface area contributed by atoms with Gasteiger partial charge in [-0.3, -0.25) is 0 Å². The van der Waals surface area contributed by atoms with E-state index >= 15 is 0 Å². The normalized spacial score (nSPS) is 9.79. The Balaban J connectivity index is 2.77. The van der Waals surface area contributed by atoms with Gasteiger partial charge in [-0.1, -0.05) is 0 Å². The molecular weight excluding hydrogens is 196 g/mol. The Morgan fingerprint density at radius 2 is 1.79 bits per heavy atom. The summed E-state index contributed by atoms with van der Waals surface area (Å²) in [5.41, 5.74) is 0. The zero-order valence-corrected chi connectivity index (χ0v) is 6.89. The van der Waals surface area contributed by atoms with Crippen molar-refractivity contribution in [2.24, 2.45) is 0 Å². The second-order valence-corrected chi connectivity index (χ2v) is 2.50. The minimum Gasteiger partial charge on any atom is -0.536 e. The summed E-state index contributed by atoms with van der Waals surface area (Å²) in [5.74, 6) is -2.30. The molecule has 0 aliphatic heterocycles. The second-order valence-electron chi connectivity index (χ2n) is 2.50. The molecule has 0 saturated carbocycles. The lowest BCUT2D eigenvalue weighted by Gasteiger charge is -2.09. The lowest BCUT2D eigenvalue weighted by molar-refractivity contribution is 0.365. The van der Waals surface area contributed by atoms with Crippen molar-refractivity contribution in [3.8, 4) is 5.75 Å². The monoisotopic (exact) mass is 202 g/mol. The maximum atomic E-state index is 12.8. The summed E-state index contributed by atoms with van der Waals surface area (Å²) in [6.45, 7) is 0. The second kappa shape index (κ2) is 4.41. The third kappa shape index (κ3) is 2.69. The van der Waals surface area contributed by atoms with Gasteiger partial charge in [0.05, 0.1) is 0 Å². The van der Waals surface area contributed by atoms with Crippen LogP contribution in [0.1, 0.15) is 0 Å². The summed E-state index contributed by atoms with van der Waals surface area (Å²) in [7, 11) is -4.13. The molecule has 0 saturated heterocycles. The molecule has 1 rings (SSSR count). The van der Waals surface area contributed by atoms with Crippen molar-refractivity contribution < 1.29 is 28.5 Å². The quantitative estimate of drug-likeness (QED) is 0.570. The largest absolute Gasteiger partial charge is 0.549 e. The molecule has 0 bridgehead atoms. The lowest BCUT2D eigenvalue weighted by Crippen LogP contribution is -2.41. The van der Waals surface area contributed by atoms with Crippen molar-refractivity contribution in [3.63, 3.8) is 0 Å². The van der Waals surface area contributed by atoms with E-state index in [4.69, 9.17) is 15.1 Å². The fraction of sp³-hybridized carbons (Fsp3) is 0. The van der Waals surface area contributed by atoms with Crippen molar-refractivity contribution in [3.05, 3.63) is 29.8 Å². The van der Waals surface area contributed by atoms with Gasteiger partial charge in [0.2, 0.25) is 0 Å². The van der Waals surface area contributed by atoms with Crippen LogP contribution in [-0.2, 0) is 0 Å². The van der Waals surface area contributed by atoms with Crippen LogP contribution in [0.3, 0.4) is 0 Å². The molecule has 0 amide bonds. The summed E-state index contributed by atoms with van der Waals surface area (Å²) in [6, 6.07) is 2.39. The van der Waals surface area contributed by atoms with Crippen LogP contribution >= 0.6 is 0 Å². The van der Waals surface area contributed by atoms with Crippen LogP contribution in [0.15, 0.2) is 18.2 Å². The standard InChI is InChI=1S/C6H6B2F2O4/c9-4-1-2-6(5(10)3-4)14-8(13)7(11)12/h1-3,11-13H. The molecule has 0 aliphatic carbocycles. The maximum Gasteiger partial charge on any atom is 0.549 e.